The van der Waals surface area contributed by atoms with Gasteiger partial charge in [0.15, 0.2) is 9.84 Å². The van der Waals surface area contributed by atoms with E-state index in [4.69, 9.17) is 0 Å². The van der Waals surface area contributed by atoms with Crippen molar-refractivity contribution >= 4 is 16.1 Å². The van der Waals surface area contributed by atoms with Crippen LogP contribution in [0.1, 0.15) is 13.8 Å². The lowest BCUT2D eigenvalue weighted by Crippen LogP contribution is -2.28. The average Bonchev–Trinajstić information content (AvgIpc) is 1.85. The molecule has 3 nitrogen and oxygen atoms in total. The fourth-order valence-corrected chi connectivity index (χ4v) is 0.608. The van der Waals surface area contributed by atoms with Crippen LogP contribution in [0.4, 0.5) is 0 Å². The minimum Gasteiger partial charge on any atom is -0.288 e. The van der Waals surface area contributed by atoms with Crippen molar-refractivity contribution in [2.75, 3.05) is 13.3 Å². The van der Waals surface area contributed by atoms with Crippen molar-refractivity contribution in [3.63, 3.8) is 0 Å². The molecule has 0 aliphatic rings. The quantitative estimate of drug-likeness (QED) is 0.443. The molecule has 0 rings (SSSR count). The van der Waals surface area contributed by atoms with Crippen molar-refractivity contribution in [2.24, 2.45) is 4.99 Å². The molecule has 12 heavy (non-hydrogen) atoms. The highest BCUT2D eigenvalue weighted by molar-refractivity contribution is 7.92. The van der Waals surface area contributed by atoms with E-state index in [1.807, 2.05) is 0 Å². The Balaban J connectivity index is 4.82. The molecule has 0 bridgehead atoms. The Morgan fingerprint density at radius 2 is 1.92 bits per heavy atom. The fourth-order valence-electron chi connectivity index (χ4n) is 0.363. The molecule has 0 saturated carbocycles. The van der Waals surface area contributed by atoms with Gasteiger partial charge < -0.3 is 0 Å². The zero-order chi connectivity index (χ0) is 9.83. The molecule has 4 heteroatoms. The first-order valence-corrected chi connectivity index (χ1v) is 5.33. The van der Waals surface area contributed by atoms with Crippen LogP contribution in [0.2, 0.25) is 0 Å². The second-order valence-corrected chi connectivity index (χ2v) is 5.50. The van der Waals surface area contributed by atoms with E-state index in [0.29, 0.717) is 0 Å². The molecule has 0 amide bonds. The summed E-state index contributed by atoms with van der Waals surface area (Å²) in [6.07, 6.45) is 2.55. The van der Waals surface area contributed by atoms with E-state index in [1.54, 1.807) is 20.9 Å². The van der Waals surface area contributed by atoms with E-state index in [1.165, 1.54) is 12.5 Å². The summed E-state index contributed by atoms with van der Waals surface area (Å²) < 4.78 is 21.2. The van der Waals surface area contributed by atoms with Crippen molar-refractivity contribution in [1.82, 2.24) is 0 Å². The number of hydrogen-bond donors (Lipinski definition) is 0. The lowest BCUT2D eigenvalue weighted by molar-refractivity contribution is 0.581. The van der Waals surface area contributed by atoms with Crippen LogP contribution in [-0.2, 0) is 9.84 Å². The third-order valence-corrected chi connectivity index (χ3v) is 3.45. The molecule has 0 aliphatic carbocycles. The Hall–Kier alpha value is -0.820. The van der Waals surface area contributed by atoms with E-state index in [-0.39, 0.29) is 0 Å². The monoisotopic (exact) mass is 187 g/mol. The maximum Gasteiger partial charge on any atom is 0.163 e. The zero-order valence-corrected chi connectivity index (χ0v) is 8.57. The maximum absolute atomic E-state index is 11.1. The topological polar surface area (TPSA) is 46.5 Å². The number of aliphatic imine (C=N–C) groups is 1. The van der Waals surface area contributed by atoms with Crippen molar-refractivity contribution in [3.05, 3.63) is 0 Å². The molecule has 0 aromatic heterocycles. The van der Waals surface area contributed by atoms with Gasteiger partial charge >= 0.3 is 0 Å². The fraction of sp³-hybridized carbons (Fsp3) is 0.625. The van der Waals surface area contributed by atoms with Gasteiger partial charge in [-0.05, 0) is 13.8 Å². The van der Waals surface area contributed by atoms with E-state index >= 15 is 0 Å². The summed E-state index contributed by atoms with van der Waals surface area (Å²) in [7, 11) is -1.53. The minimum absolute atomic E-state index is 0.992. The van der Waals surface area contributed by atoms with E-state index < -0.39 is 14.6 Å². The highest BCUT2D eigenvalue weighted by atomic mass is 32.2. The van der Waals surface area contributed by atoms with E-state index in [2.05, 4.69) is 16.8 Å². The van der Waals surface area contributed by atoms with E-state index in [9.17, 15) is 8.42 Å². The Morgan fingerprint density at radius 1 is 1.42 bits per heavy atom. The van der Waals surface area contributed by atoms with Crippen LogP contribution >= 0.6 is 0 Å². The lowest BCUT2D eigenvalue weighted by atomic mass is 10.2. The molecule has 0 saturated heterocycles. The number of hydrogen-bond acceptors (Lipinski definition) is 3. The molecule has 0 fully saturated rings. The number of sulfone groups is 1. The van der Waals surface area contributed by atoms with Gasteiger partial charge in [0, 0.05) is 13.3 Å². The van der Waals surface area contributed by atoms with Gasteiger partial charge in [-0.25, -0.2) is 8.42 Å². The number of nitrogens with zero attached hydrogens (tertiary/aromatic N) is 1. The Labute approximate surface area is 73.8 Å². The maximum atomic E-state index is 11.1. The average molecular weight is 187 g/mol. The van der Waals surface area contributed by atoms with Crippen molar-refractivity contribution < 1.29 is 8.42 Å². The van der Waals surface area contributed by atoms with Gasteiger partial charge in [-0.15, -0.1) is 0 Å². The molecule has 0 heterocycles. The molecule has 0 unspecified atom stereocenters. The molecular formula is C8H13NO2S. The second-order valence-electron chi connectivity index (χ2n) is 2.94. The third kappa shape index (κ3) is 3.05. The second kappa shape index (κ2) is 3.72. The van der Waals surface area contributed by atoms with Crippen LogP contribution < -0.4 is 0 Å². The van der Waals surface area contributed by atoms with Crippen LogP contribution in [0.3, 0.4) is 0 Å². The molecule has 0 radical (unpaired) electrons. The smallest absolute Gasteiger partial charge is 0.163 e. The largest absolute Gasteiger partial charge is 0.288 e. The predicted octanol–water partition coefficient (Wildman–Crippen LogP) is 0.514. The molecule has 0 spiro atoms. The molecule has 0 N–H and O–H groups in total. The summed E-state index contributed by atoms with van der Waals surface area (Å²) in [5, 5.41) is 0. The van der Waals surface area contributed by atoms with Crippen molar-refractivity contribution in [1.29, 1.82) is 0 Å². The molecule has 0 aliphatic heterocycles. The SMILES string of the molecule is C/N=C/C#CC(C)(C)S(C)(=O)=O. The van der Waals surface area contributed by atoms with Gasteiger partial charge in [-0.2, -0.15) is 0 Å². The van der Waals surface area contributed by atoms with Crippen LogP contribution in [-0.4, -0.2) is 32.7 Å². The Kier molecular flexibility index (Phi) is 3.47. The van der Waals surface area contributed by atoms with Gasteiger partial charge in [0.1, 0.15) is 4.75 Å². The predicted molar refractivity (Wildman–Crippen MR) is 51.1 cm³/mol. The van der Waals surface area contributed by atoms with Gasteiger partial charge in [-0.1, -0.05) is 11.8 Å². The third-order valence-electron chi connectivity index (χ3n) is 1.49. The van der Waals surface area contributed by atoms with Crippen molar-refractivity contribution in [3.8, 4) is 11.8 Å². The molecule has 68 valence electrons. The Bertz CT molecular complexity index is 328. The summed E-state index contributed by atoms with van der Waals surface area (Å²) in [5.74, 6) is 5.17. The summed E-state index contributed by atoms with van der Waals surface area (Å²) in [6.45, 7) is 3.14. The molecular weight excluding hydrogens is 174 g/mol. The van der Waals surface area contributed by atoms with Crippen LogP contribution in [0.5, 0.6) is 0 Å². The summed E-state index contributed by atoms with van der Waals surface area (Å²) in [6, 6.07) is 0. The first-order valence-electron chi connectivity index (χ1n) is 3.44. The standard InChI is InChI=1S/C8H13NO2S/c1-8(2,12(4,10)11)6-5-7-9-3/h7H,1-4H3/b9-7+. The lowest BCUT2D eigenvalue weighted by Gasteiger charge is -2.13. The van der Waals surface area contributed by atoms with Gasteiger partial charge in [0.25, 0.3) is 0 Å². The van der Waals surface area contributed by atoms with Gasteiger partial charge in [0.05, 0.1) is 6.21 Å². The molecule has 0 aromatic carbocycles. The minimum atomic E-state index is -3.12. The van der Waals surface area contributed by atoms with E-state index in [0.717, 1.165) is 0 Å². The summed E-state index contributed by atoms with van der Waals surface area (Å²) in [5.41, 5.74) is 0. The normalized spacial score (nSPS) is 12.7. The van der Waals surface area contributed by atoms with Crippen LogP contribution in [0.15, 0.2) is 4.99 Å². The van der Waals surface area contributed by atoms with Crippen LogP contribution in [0.25, 0.3) is 0 Å². The first kappa shape index (κ1) is 11.2. The first-order chi connectivity index (χ1) is 5.31. The highest BCUT2D eigenvalue weighted by Gasteiger charge is 2.27. The van der Waals surface area contributed by atoms with Gasteiger partial charge in [0.2, 0.25) is 0 Å². The van der Waals surface area contributed by atoms with Crippen LogP contribution in [0, 0.1) is 11.8 Å². The molecule has 0 aromatic rings. The number of rotatable bonds is 1. The summed E-state index contributed by atoms with van der Waals surface area (Å²) >= 11 is 0. The van der Waals surface area contributed by atoms with Gasteiger partial charge in [-0.3, -0.25) is 4.99 Å². The van der Waals surface area contributed by atoms with Crippen molar-refractivity contribution in [2.45, 2.75) is 18.6 Å². The summed E-state index contributed by atoms with van der Waals surface area (Å²) in [4.78, 5) is 3.63. The highest BCUT2D eigenvalue weighted by Crippen LogP contribution is 2.12. The molecule has 0 atom stereocenters. The zero-order valence-electron chi connectivity index (χ0n) is 7.75. The Morgan fingerprint density at radius 3 is 2.25 bits per heavy atom.